The number of carbonyl (C=O) groups is 1. The molecule has 0 fully saturated rings. The monoisotopic (exact) mass is 675 g/mol. The molecule has 48 heavy (non-hydrogen) atoms. The maximum atomic E-state index is 13.0. The van der Waals surface area contributed by atoms with Crippen molar-refractivity contribution in [2.75, 3.05) is 52.3 Å². The molecule has 0 radical (unpaired) electrons. The molecule has 0 saturated heterocycles. The number of hydrogen-bond donors (Lipinski definition) is 3. The van der Waals surface area contributed by atoms with Gasteiger partial charge in [-0.3, -0.25) is 0 Å². The van der Waals surface area contributed by atoms with Crippen LogP contribution in [0, 0.1) is 0 Å². The van der Waals surface area contributed by atoms with Crippen LogP contribution < -0.4 is 24.8 Å². The molecule has 0 spiro atoms. The van der Waals surface area contributed by atoms with Gasteiger partial charge in [-0.1, -0.05) is 7.43 Å². The number of aromatic nitrogens is 4. The SMILES string of the molecule is C.CNCCCN(C)Cc1c[nH]c2ncnc(Nc3ccc(OCCOc4cc(C(F)(F)F)ccn4)c(OCC(=O)OC(C)(C)C)c3)c12. The number of nitrogens with one attached hydrogen (secondary N) is 3. The fourth-order valence-corrected chi connectivity index (χ4v) is 4.57. The molecule has 15 heteroatoms. The van der Waals surface area contributed by atoms with Gasteiger partial charge in [0.05, 0.1) is 10.9 Å². The zero-order chi connectivity index (χ0) is 34.0. The van der Waals surface area contributed by atoms with E-state index in [1.165, 1.54) is 6.33 Å². The number of benzene rings is 1. The summed E-state index contributed by atoms with van der Waals surface area (Å²) in [6, 6.07) is 6.72. The molecule has 262 valence electrons. The van der Waals surface area contributed by atoms with Crippen molar-refractivity contribution in [1.82, 2.24) is 30.2 Å². The quantitative estimate of drug-likeness (QED) is 0.0958. The lowest BCUT2D eigenvalue weighted by atomic mass is 10.2. The molecule has 12 nitrogen and oxygen atoms in total. The van der Waals surface area contributed by atoms with Gasteiger partial charge in [0.1, 0.15) is 36.6 Å². The Morgan fingerprint density at radius 1 is 1.00 bits per heavy atom. The number of aromatic amines is 1. The molecular formula is C33H44F3N7O5. The van der Waals surface area contributed by atoms with Gasteiger partial charge in [0.2, 0.25) is 5.88 Å². The van der Waals surface area contributed by atoms with E-state index in [2.05, 4.69) is 42.5 Å². The van der Waals surface area contributed by atoms with E-state index in [9.17, 15) is 18.0 Å². The Morgan fingerprint density at radius 3 is 2.50 bits per heavy atom. The fraction of sp³-hybridized carbons (Fsp3) is 0.455. The highest BCUT2D eigenvalue weighted by Crippen LogP contribution is 2.34. The molecule has 0 aliphatic heterocycles. The number of hydrogen-bond acceptors (Lipinski definition) is 11. The first kappa shape index (κ1) is 37.8. The Labute approximate surface area is 278 Å². The Hall–Kier alpha value is -4.63. The lowest BCUT2D eigenvalue weighted by Crippen LogP contribution is -2.27. The number of esters is 1. The van der Waals surface area contributed by atoms with E-state index >= 15 is 0 Å². The van der Waals surface area contributed by atoms with Gasteiger partial charge < -0.3 is 39.5 Å². The summed E-state index contributed by atoms with van der Waals surface area (Å²) in [6.45, 7) is 7.23. The third kappa shape index (κ3) is 11.3. The standard InChI is InChI=1S/C32H40F3N7O5.CH4/c1-31(2,3)47-27(43)19-46-25-16-23(7-8-24(25)44-13-14-45-26-15-22(9-11-37-26)32(33,34)35)41-30-28-21(17-38-29(28)39-20-40-30)18-42(5)12-6-10-36-4;/h7-9,11,15-17,20,36H,6,10,12-14,18-19H2,1-5H3,(H2,38,39,40,41);1H4. The highest BCUT2D eigenvalue weighted by molar-refractivity contribution is 5.92. The first-order chi connectivity index (χ1) is 22.3. The number of fused-ring (bicyclic) bond motifs is 1. The number of H-pyrrole nitrogens is 1. The van der Waals surface area contributed by atoms with Gasteiger partial charge in [-0.2, -0.15) is 13.2 Å². The van der Waals surface area contributed by atoms with Crippen LogP contribution in [0.3, 0.4) is 0 Å². The number of halogens is 3. The molecule has 0 unspecified atom stereocenters. The molecule has 3 heterocycles. The number of alkyl halides is 3. The van der Waals surface area contributed by atoms with Gasteiger partial charge in [0.25, 0.3) is 0 Å². The molecule has 3 aromatic heterocycles. The summed E-state index contributed by atoms with van der Waals surface area (Å²) in [5.41, 5.74) is 0.722. The average Bonchev–Trinajstić information content (AvgIpc) is 3.41. The maximum absolute atomic E-state index is 13.0. The third-order valence-electron chi connectivity index (χ3n) is 6.58. The second kappa shape index (κ2) is 17.0. The number of ether oxygens (including phenoxy) is 4. The van der Waals surface area contributed by atoms with Gasteiger partial charge in [-0.15, -0.1) is 0 Å². The lowest BCUT2D eigenvalue weighted by Gasteiger charge is -2.20. The second-order valence-electron chi connectivity index (χ2n) is 11.7. The molecule has 0 aliphatic rings. The average molecular weight is 676 g/mol. The fourth-order valence-electron chi connectivity index (χ4n) is 4.57. The maximum Gasteiger partial charge on any atom is 0.416 e. The second-order valence-corrected chi connectivity index (χ2v) is 11.7. The summed E-state index contributed by atoms with van der Waals surface area (Å²) in [6.07, 6.45) is 0.890. The van der Waals surface area contributed by atoms with Crippen LogP contribution in [0.2, 0.25) is 0 Å². The highest BCUT2D eigenvalue weighted by Gasteiger charge is 2.31. The molecule has 4 aromatic rings. The van der Waals surface area contributed by atoms with Crippen molar-refractivity contribution in [3.63, 3.8) is 0 Å². The van der Waals surface area contributed by atoms with E-state index in [0.717, 1.165) is 48.8 Å². The summed E-state index contributed by atoms with van der Waals surface area (Å²) in [5.74, 6) is 0.312. The minimum atomic E-state index is -4.52. The number of carbonyl (C=O) groups excluding carboxylic acids is 1. The number of nitrogens with zero attached hydrogens (tertiary/aromatic N) is 4. The van der Waals surface area contributed by atoms with E-state index < -0.39 is 23.3 Å². The predicted octanol–water partition coefficient (Wildman–Crippen LogP) is 5.97. The first-order valence-electron chi connectivity index (χ1n) is 15.0. The zero-order valence-corrected chi connectivity index (χ0v) is 27.0. The van der Waals surface area contributed by atoms with E-state index in [4.69, 9.17) is 18.9 Å². The van der Waals surface area contributed by atoms with Crippen molar-refractivity contribution in [3.05, 3.63) is 60.2 Å². The zero-order valence-electron chi connectivity index (χ0n) is 27.0. The third-order valence-corrected chi connectivity index (χ3v) is 6.58. The van der Waals surface area contributed by atoms with Crippen molar-refractivity contribution in [2.24, 2.45) is 0 Å². The van der Waals surface area contributed by atoms with Crippen LogP contribution in [0.15, 0.2) is 49.1 Å². The smallest absolute Gasteiger partial charge is 0.416 e. The minimum Gasteiger partial charge on any atom is -0.486 e. The van der Waals surface area contributed by atoms with E-state index in [-0.39, 0.29) is 44.6 Å². The lowest BCUT2D eigenvalue weighted by molar-refractivity contribution is -0.157. The Balaban J connectivity index is 0.00000625. The van der Waals surface area contributed by atoms with Crippen LogP contribution >= 0.6 is 0 Å². The van der Waals surface area contributed by atoms with Crippen LogP contribution in [0.1, 0.15) is 45.7 Å². The predicted molar refractivity (Wildman–Crippen MR) is 177 cm³/mol. The topological polar surface area (TPSA) is 136 Å². The van der Waals surface area contributed by atoms with E-state index in [0.29, 0.717) is 23.7 Å². The Bertz CT molecular complexity index is 1630. The summed E-state index contributed by atoms with van der Waals surface area (Å²) in [5, 5.41) is 7.32. The molecule has 0 bridgehead atoms. The summed E-state index contributed by atoms with van der Waals surface area (Å²) >= 11 is 0. The van der Waals surface area contributed by atoms with Gasteiger partial charge in [-0.05, 0) is 78.1 Å². The summed E-state index contributed by atoms with van der Waals surface area (Å²) in [4.78, 5) is 30.5. The molecule has 3 N–H and O–H groups in total. The van der Waals surface area contributed by atoms with Crippen LogP contribution in [0.25, 0.3) is 11.0 Å². The van der Waals surface area contributed by atoms with E-state index in [1.54, 1.807) is 39.0 Å². The molecular weight excluding hydrogens is 631 g/mol. The van der Waals surface area contributed by atoms with Crippen LogP contribution in [0.5, 0.6) is 17.4 Å². The first-order valence-corrected chi connectivity index (χ1v) is 15.0. The number of anilines is 2. The van der Waals surface area contributed by atoms with Gasteiger partial charge >= 0.3 is 12.1 Å². The van der Waals surface area contributed by atoms with Crippen LogP contribution in [-0.4, -0.2) is 83.4 Å². The highest BCUT2D eigenvalue weighted by atomic mass is 19.4. The molecule has 0 saturated carbocycles. The molecule has 0 aliphatic carbocycles. The minimum absolute atomic E-state index is 0. The van der Waals surface area contributed by atoms with E-state index in [1.807, 2.05) is 13.2 Å². The molecule has 0 atom stereocenters. The molecule has 1 aromatic carbocycles. The van der Waals surface area contributed by atoms with Gasteiger partial charge in [0.15, 0.2) is 18.1 Å². The summed E-state index contributed by atoms with van der Waals surface area (Å²) in [7, 11) is 3.98. The van der Waals surface area contributed by atoms with Crippen molar-refractivity contribution in [1.29, 1.82) is 0 Å². The van der Waals surface area contributed by atoms with Crippen LogP contribution in [0.4, 0.5) is 24.7 Å². The molecule has 0 amide bonds. The van der Waals surface area contributed by atoms with Crippen molar-refractivity contribution in [3.8, 4) is 17.4 Å². The van der Waals surface area contributed by atoms with Crippen molar-refractivity contribution < 1.29 is 36.9 Å². The largest absolute Gasteiger partial charge is 0.486 e. The number of pyridine rings is 1. The van der Waals surface area contributed by atoms with Gasteiger partial charge in [0, 0.05) is 36.8 Å². The Morgan fingerprint density at radius 2 is 1.77 bits per heavy atom. The van der Waals surface area contributed by atoms with Crippen LogP contribution in [-0.2, 0) is 22.3 Å². The van der Waals surface area contributed by atoms with Crippen molar-refractivity contribution >= 4 is 28.5 Å². The van der Waals surface area contributed by atoms with Crippen molar-refractivity contribution in [2.45, 2.75) is 52.9 Å². The molecule has 4 rings (SSSR count). The summed E-state index contributed by atoms with van der Waals surface area (Å²) < 4.78 is 61.5. The Kier molecular flexibility index (Phi) is 13.4. The normalized spacial score (nSPS) is 11.7. The van der Waals surface area contributed by atoms with Gasteiger partial charge in [-0.25, -0.2) is 19.7 Å². The number of rotatable bonds is 16.